The first kappa shape index (κ1) is 16.8. The number of ether oxygens (including phenoxy) is 2. The molecule has 0 fully saturated rings. The minimum Gasteiger partial charge on any atom is -0.454 e. The molecule has 11 heteroatoms. The van der Waals surface area contributed by atoms with E-state index in [1.165, 1.54) is 24.0 Å². The molecule has 3 heterocycles. The number of hydrogen-bond acceptors (Lipinski definition) is 9. The number of benzene rings is 1. The van der Waals surface area contributed by atoms with Crippen molar-refractivity contribution in [3.05, 3.63) is 42.4 Å². The van der Waals surface area contributed by atoms with E-state index in [2.05, 4.69) is 15.1 Å². The molecule has 0 saturated carbocycles. The molecule has 134 valence electrons. The lowest BCUT2D eigenvalue weighted by atomic mass is 10.2. The quantitative estimate of drug-likeness (QED) is 0.646. The van der Waals surface area contributed by atoms with Crippen molar-refractivity contribution in [3.63, 3.8) is 0 Å². The normalized spacial score (nSPS) is 13.1. The van der Waals surface area contributed by atoms with Gasteiger partial charge in [0.05, 0.1) is 10.8 Å². The van der Waals surface area contributed by atoms with Gasteiger partial charge in [-0.2, -0.15) is 4.98 Å². The number of nitrogens with two attached hydrogens (primary N) is 1. The highest BCUT2D eigenvalue weighted by atomic mass is 32.2. The Morgan fingerprint density at radius 1 is 1.15 bits per heavy atom. The molecule has 2 N–H and O–H groups in total. The summed E-state index contributed by atoms with van der Waals surface area (Å²) in [6, 6.07) is 8.37. The molecule has 0 bridgehead atoms. The van der Waals surface area contributed by atoms with Crippen molar-refractivity contribution >= 4 is 21.8 Å². The predicted octanol–water partition coefficient (Wildman–Crippen LogP) is 1.80. The minimum absolute atomic E-state index is 0.0373. The summed E-state index contributed by atoms with van der Waals surface area (Å²) >= 11 is 1.33. The molecule has 2 aromatic heterocycles. The molecule has 0 saturated heterocycles. The van der Waals surface area contributed by atoms with Gasteiger partial charge in [-0.3, -0.25) is 0 Å². The molecular weight excluding hydrogens is 380 g/mol. The van der Waals surface area contributed by atoms with Gasteiger partial charge in [0.2, 0.25) is 28.5 Å². The molecule has 0 radical (unpaired) electrons. The summed E-state index contributed by atoms with van der Waals surface area (Å²) in [7, 11) is -3.75. The topological polar surface area (TPSA) is 130 Å². The second-order valence-corrected chi connectivity index (χ2v) is 7.80. The van der Waals surface area contributed by atoms with Gasteiger partial charge in [0.25, 0.3) is 0 Å². The average molecular weight is 392 g/mol. The van der Waals surface area contributed by atoms with Gasteiger partial charge in [0.15, 0.2) is 11.5 Å². The SMILES string of the molecule is NS(=O)(=O)c1ccc(SCc2nc(-c3ccc4c(c3)OCO4)no2)nc1. The summed E-state index contributed by atoms with van der Waals surface area (Å²) in [5, 5.41) is 9.61. The molecule has 3 aromatic rings. The average Bonchev–Trinajstić information content (AvgIpc) is 3.28. The predicted molar refractivity (Wildman–Crippen MR) is 91.0 cm³/mol. The van der Waals surface area contributed by atoms with Crippen LogP contribution in [0.15, 0.2) is 51.0 Å². The highest BCUT2D eigenvalue weighted by Gasteiger charge is 2.17. The number of sulfonamides is 1. The van der Waals surface area contributed by atoms with Crippen LogP contribution in [0, 0.1) is 0 Å². The van der Waals surface area contributed by atoms with Crippen LogP contribution < -0.4 is 14.6 Å². The lowest BCUT2D eigenvalue weighted by Crippen LogP contribution is -2.12. The molecule has 1 aliphatic heterocycles. The molecule has 0 amide bonds. The molecule has 1 aromatic carbocycles. The van der Waals surface area contributed by atoms with Crippen LogP contribution in [-0.4, -0.2) is 30.3 Å². The van der Waals surface area contributed by atoms with Gasteiger partial charge in [-0.05, 0) is 30.3 Å². The Morgan fingerprint density at radius 2 is 2.00 bits per heavy atom. The number of nitrogens with zero attached hydrogens (tertiary/aromatic N) is 3. The third-order valence-electron chi connectivity index (χ3n) is 3.48. The van der Waals surface area contributed by atoms with E-state index in [0.717, 1.165) is 5.56 Å². The van der Waals surface area contributed by atoms with Crippen LogP contribution in [-0.2, 0) is 15.8 Å². The van der Waals surface area contributed by atoms with E-state index in [-0.39, 0.29) is 11.7 Å². The zero-order chi connectivity index (χ0) is 18.1. The van der Waals surface area contributed by atoms with Crippen LogP contribution in [0.1, 0.15) is 5.89 Å². The molecule has 1 aliphatic rings. The number of hydrogen-bond donors (Lipinski definition) is 1. The van der Waals surface area contributed by atoms with Crippen molar-refractivity contribution in [2.45, 2.75) is 15.7 Å². The van der Waals surface area contributed by atoms with Crippen molar-refractivity contribution in [2.75, 3.05) is 6.79 Å². The van der Waals surface area contributed by atoms with Crippen molar-refractivity contribution in [2.24, 2.45) is 5.14 Å². The molecule has 4 rings (SSSR count). The summed E-state index contributed by atoms with van der Waals surface area (Å²) < 4.78 is 38.3. The van der Waals surface area contributed by atoms with Crippen LogP contribution in [0.5, 0.6) is 11.5 Å². The first-order chi connectivity index (χ1) is 12.5. The third kappa shape index (κ3) is 3.49. The second-order valence-electron chi connectivity index (χ2n) is 5.25. The number of pyridine rings is 1. The maximum Gasteiger partial charge on any atom is 0.239 e. The van der Waals surface area contributed by atoms with Crippen LogP contribution in [0.4, 0.5) is 0 Å². The number of rotatable bonds is 5. The van der Waals surface area contributed by atoms with E-state index in [1.807, 2.05) is 6.07 Å². The van der Waals surface area contributed by atoms with Crippen LogP contribution in [0.25, 0.3) is 11.4 Å². The Bertz CT molecular complexity index is 1050. The monoisotopic (exact) mass is 392 g/mol. The molecule has 0 atom stereocenters. The summed E-state index contributed by atoms with van der Waals surface area (Å²) in [5.41, 5.74) is 0.755. The van der Waals surface area contributed by atoms with E-state index >= 15 is 0 Å². The van der Waals surface area contributed by atoms with Crippen molar-refractivity contribution in [1.82, 2.24) is 15.1 Å². The third-order valence-corrected chi connectivity index (χ3v) is 5.31. The Balaban J connectivity index is 1.44. The molecule has 0 spiro atoms. The Labute approximate surface area is 152 Å². The Kier molecular flexibility index (Phi) is 4.26. The lowest BCUT2D eigenvalue weighted by molar-refractivity contribution is 0.174. The number of primary sulfonamides is 1. The number of aromatic nitrogens is 3. The summed E-state index contributed by atoms with van der Waals surface area (Å²) in [6.07, 6.45) is 1.21. The summed E-state index contributed by atoms with van der Waals surface area (Å²) in [6.45, 7) is 0.199. The molecule has 0 unspecified atom stereocenters. The van der Waals surface area contributed by atoms with E-state index in [9.17, 15) is 8.42 Å². The van der Waals surface area contributed by atoms with Crippen LogP contribution >= 0.6 is 11.8 Å². The van der Waals surface area contributed by atoms with Gasteiger partial charge in [-0.1, -0.05) is 16.9 Å². The maximum atomic E-state index is 11.2. The smallest absolute Gasteiger partial charge is 0.239 e. The number of thioether (sulfide) groups is 1. The maximum absolute atomic E-state index is 11.2. The lowest BCUT2D eigenvalue weighted by Gasteiger charge is -2.00. The van der Waals surface area contributed by atoms with E-state index in [1.54, 1.807) is 18.2 Å². The largest absolute Gasteiger partial charge is 0.454 e. The van der Waals surface area contributed by atoms with Gasteiger partial charge in [-0.15, -0.1) is 0 Å². The van der Waals surface area contributed by atoms with Gasteiger partial charge in [-0.25, -0.2) is 18.5 Å². The Hall–Kier alpha value is -2.63. The molecular formula is C15H12N4O5S2. The minimum atomic E-state index is -3.75. The highest BCUT2D eigenvalue weighted by Crippen LogP contribution is 2.35. The summed E-state index contributed by atoms with van der Waals surface area (Å²) in [4.78, 5) is 8.35. The zero-order valence-corrected chi connectivity index (χ0v) is 14.8. The van der Waals surface area contributed by atoms with Crippen molar-refractivity contribution in [1.29, 1.82) is 0 Å². The van der Waals surface area contributed by atoms with E-state index < -0.39 is 10.0 Å². The second kappa shape index (κ2) is 6.59. The standard InChI is InChI=1S/C15H12N4O5S2/c16-26(20,21)10-2-4-14(17-6-10)25-7-13-18-15(19-24-13)9-1-3-11-12(5-9)23-8-22-11/h1-6H,7-8H2,(H2,16,20,21). The highest BCUT2D eigenvalue weighted by molar-refractivity contribution is 7.98. The van der Waals surface area contributed by atoms with Crippen molar-refractivity contribution in [3.8, 4) is 22.9 Å². The van der Waals surface area contributed by atoms with Crippen LogP contribution in [0.3, 0.4) is 0 Å². The fourth-order valence-corrected chi connectivity index (χ4v) is 3.36. The summed E-state index contributed by atoms with van der Waals surface area (Å²) in [5.74, 6) is 2.57. The first-order valence-corrected chi connectivity index (χ1v) is 9.86. The van der Waals surface area contributed by atoms with Gasteiger partial charge >= 0.3 is 0 Å². The van der Waals surface area contributed by atoms with E-state index in [4.69, 9.17) is 19.1 Å². The first-order valence-electron chi connectivity index (χ1n) is 7.33. The van der Waals surface area contributed by atoms with Crippen LogP contribution in [0.2, 0.25) is 0 Å². The Morgan fingerprint density at radius 3 is 2.77 bits per heavy atom. The van der Waals surface area contributed by atoms with Gasteiger partial charge < -0.3 is 14.0 Å². The van der Waals surface area contributed by atoms with Gasteiger partial charge in [0, 0.05) is 11.8 Å². The fraction of sp³-hybridized carbons (Fsp3) is 0.133. The van der Waals surface area contributed by atoms with Gasteiger partial charge in [0.1, 0.15) is 4.90 Å². The molecule has 0 aliphatic carbocycles. The number of fused-ring (bicyclic) bond motifs is 1. The van der Waals surface area contributed by atoms with Crippen molar-refractivity contribution < 1.29 is 22.4 Å². The van der Waals surface area contributed by atoms with E-state index in [0.29, 0.717) is 34.0 Å². The fourth-order valence-electron chi connectivity index (χ4n) is 2.22. The molecule has 26 heavy (non-hydrogen) atoms. The zero-order valence-electron chi connectivity index (χ0n) is 13.2. The molecule has 9 nitrogen and oxygen atoms in total.